The molecule has 3 nitrogen and oxygen atoms in total. The zero-order valence-corrected chi connectivity index (χ0v) is 15.3. The first kappa shape index (κ1) is 20.8. The molecule has 1 saturated carbocycles. The third-order valence-corrected chi connectivity index (χ3v) is 3.81. The van der Waals surface area contributed by atoms with Gasteiger partial charge in [-0.2, -0.15) is 13.2 Å². The van der Waals surface area contributed by atoms with E-state index >= 15 is 0 Å². The minimum absolute atomic E-state index is 0.539. The van der Waals surface area contributed by atoms with Crippen LogP contribution in [0.4, 0.5) is 13.2 Å². The molecule has 0 unspecified atom stereocenters. The number of methoxy groups -OCH3 is 1. The Morgan fingerprint density at radius 3 is 1.96 bits per heavy atom. The van der Waals surface area contributed by atoms with Crippen LogP contribution < -0.4 is 4.74 Å². The molecule has 1 aromatic rings. The second kappa shape index (κ2) is 9.28. The summed E-state index contributed by atoms with van der Waals surface area (Å²) in [6.45, 7) is 2.29. The minimum Gasteiger partial charge on any atom is -0.496 e. The molecule has 6 heteroatoms. The van der Waals surface area contributed by atoms with E-state index in [1.54, 1.807) is 0 Å². The highest BCUT2D eigenvalue weighted by Gasteiger charge is 2.32. The predicted octanol–water partition coefficient (Wildman–Crippen LogP) is 3.78. The topological polar surface area (TPSA) is 15.7 Å². The number of alkyl halides is 3. The molecular weight excluding hydrogens is 317 g/mol. The van der Waals surface area contributed by atoms with Crippen LogP contribution in [0.15, 0.2) is 18.2 Å². The summed E-state index contributed by atoms with van der Waals surface area (Å²) < 4.78 is 42.6. The van der Waals surface area contributed by atoms with Gasteiger partial charge in [-0.15, -0.1) is 0 Å². The van der Waals surface area contributed by atoms with E-state index < -0.39 is 11.7 Å². The van der Waals surface area contributed by atoms with Crippen molar-refractivity contribution in [3.8, 4) is 5.75 Å². The number of rotatable bonds is 6. The first-order valence-corrected chi connectivity index (χ1v) is 8.17. The lowest BCUT2D eigenvalue weighted by molar-refractivity contribution is -0.137. The van der Waals surface area contributed by atoms with Gasteiger partial charge in [-0.05, 0) is 77.1 Å². The van der Waals surface area contributed by atoms with Crippen molar-refractivity contribution in [3.05, 3.63) is 29.3 Å². The zero-order valence-electron chi connectivity index (χ0n) is 15.3. The Bertz CT molecular complexity index is 490. The highest BCUT2D eigenvalue weighted by Crippen LogP contribution is 2.38. The second-order valence-electron chi connectivity index (χ2n) is 6.78. The van der Waals surface area contributed by atoms with Crippen molar-refractivity contribution in [1.29, 1.82) is 0 Å². The Balaban J connectivity index is 0.000000307. The van der Waals surface area contributed by atoms with Gasteiger partial charge >= 0.3 is 6.18 Å². The molecule has 0 amide bonds. The van der Waals surface area contributed by atoms with Gasteiger partial charge < -0.3 is 14.5 Å². The first-order valence-electron chi connectivity index (χ1n) is 8.17. The Kier molecular flexibility index (Phi) is 8.03. The third kappa shape index (κ3) is 8.02. The summed E-state index contributed by atoms with van der Waals surface area (Å²) >= 11 is 0. The van der Waals surface area contributed by atoms with Crippen LogP contribution >= 0.6 is 0 Å². The van der Waals surface area contributed by atoms with Crippen LogP contribution in [-0.2, 0) is 12.6 Å². The highest BCUT2D eigenvalue weighted by atomic mass is 19.4. The van der Waals surface area contributed by atoms with Crippen LogP contribution in [0.1, 0.15) is 24.0 Å². The quantitative estimate of drug-likeness (QED) is 0.780. The Labute approximate surface area is 143 Å². The number of ether oxygens (including phenoxy) is 1. The van der Waals surface area contributed by atoms with Crippen molar-refractivity contribution >= 4 is 0 Å². The van der Waals surface area contributed by atoms with E-state index in [1.165, 1.54) is 19.2 Å². The number of nitrogens with zero attached hydrogens (tertiary/aromatic N) is 2. The van der Waals surface area contributed by atoms with Crippen molar-refractivity contribution in [2.45, 2.75) is 25.4 Å². The number of hydrogen-bond acceptors (Lipinski definition) is 3. The average Bonchev–Trinajstić information content (AvgIpc) is 3.29. The Morgan fingerprint density at radius 1 is 1.04 bits per heavy atom. The molecule has 0 spiro atoms. The van der Waals surface area contributed by atoms with Crippen molar-refractivity contribution in [1.82, 2.24) is 9.80 Å². The largest absolute Gasteiger partial charge is 0.496 e. The molecule has 24 heavy (non-hydrogen) atoms. The lowest BCUT2D eigenvalue weighted by Gasteiger charge is -2.13. The summed E-state index contributed by atoms with van der Waals surface area (Å²) in [5.74, 6) is 1.09. The molecule has 138 valence electrons. The van der Waals surface area contributed by atoms with E-state index in [2.05, 4.69) is 38.0 Å². The van der Waals surface area contributed by atoms with Crippen LogP contribution in [0.3, 0.4) is 0 Å². The Hall–Kier alpha value is -1.27. The van der Waals surface area contributed by atoms with Gasteiger partial charge in [0.15, 0.2) is 0 Å². The zero-order chi connectivity index (χ0) is 18.3. The summed E-state index contributed by atoms with van der Waals surface area (Å²) in [5, 5.41) is 0. The summed E-state index contributed by atoms with van der Waals surface area (Å²) in [6, 6.07) is 3.67. The molecule has 0 aromatic heterocycles. The minimum atomic E-state index is -4.27. The fraction of sp³-hybridized carbons (Fsp3) is 0.667. The van der Waals surface area contributed by atoms with Crippen LogP contribution in [-0.4, -0.2) is 58.2 Å². The first-order chi connectivity index (χ1) is 11.1. The van der Waals surface area contributed by atoms with Gasteiger partial charge in [-0.25, -0.2) is 0 Å². The van der Waals surface area contributed by atoms with Crippen molar-refractivity contribution < 1.29 is 17.9 Å². The number of hydrogen-bond donors (Lipinski definition) is 0. The SMILES string of the molecule is CN(C)CCN(C)C.COc1ccc(C(F)(F)F)cc1CC1CC1. The lowest BCUT2D eigenvalue weighted by Crippen LogP contribution is -2.25. The fourth-order valence-corrected chi connectivity index (χ4v) is 2.15. The summed E-state index contributed by atoms with van der Waals surface area (Å²) in [7, 11) is 9.83. The van der Waals surface area contributed by atoms with Gasteiger partial charge in [0.2, 0.25) is 0 Å². The van der Waals surface area contributed by atoms with Crippen molar-refractivity contribution in [3.63, 3.8) is 0 Å². The Morgan fingerprint density at radius 2 is 1.58 bits per heavy atom. The summed E-state index contributed by atoms with van der Waals surface area (Å²) in [5.41, 5.74) is 0.0729. The van der Waals surface area contributed by atoms with Crippen LogP contribution in [0.2, 0.25) is 0 Å². The molecule has 2 rings (SSSR count). The van der Waals surface area contributed by atoms with Crippen LogP contribution in [0.25, 0.3) is 0 Å². The van der Waals surface area contributed by atoms with Gasteiger partial charge in [0.25, 0.3) is 0 Å². The molecule has 0 atom stereocenters. The molecule has 0 aliphatic heterocycles. The van der Waals surface area contributed by atoms with Crippen molar-refractivity contribution in [2.24, 2.45) is 5.92 Å². The normalized spacial score (nSPS) is 14.6. The van der Waals surface area contributed by atoms with E-state index in [9.17, 15) is 13.2 Å². The third-order valence-electron chi connectivity index (χ3n) is 3.81. The van der Waals surface area contributed by atoms with E-state index in [0.717, 1.165) is 32.0 Å². The van der Waals surface area contributed by atoms with E-state index in [1.807, 2.05) is 0 Å². The lowest BCUT2D eigenvalue weighted by atomic mass is 10.0. The van der Waals surface area contributed by atoms with Gasteiger partial charge in [0.05, 0.1) is 12.7 Å². The summed E-state index contributed by atoms with van der Waals surface area (Å²) in [4.78, 5) is 4.36. The van der Waals surface area contributed by atoms with Crippen LogP contribution in [0.5, 0.6) is 5.75 Å². The molecule has 0 heterocycles. The molecule has 1 aliphatic rings. The molecule has 1 aliphatic carbocycles. The predicted molar refractivity (Wildman–Crippen MR) is 91.5 cm³/mol. The summed E-state index contributed by atoms with van der Waals surface area (Å²) in [6.07, 6.45) is -1.36. The average molecular weight is 346 g/mol. The van der Waals surface area contributed by atoms with Gasteiger partial charge in [0.1, 0.15) is 5.75 Å². The van der Waals surface area contributed by atoms with E-state index in [-0.39, 0.29) is 0 Å². The second-order valence-corrected chi connectivity index (χ2v) is 6.78. The molecule has 0 radical (unpaired) electrons. The molecule has 0 bridgehead atoms. The maximum atomic E-state index is 12.5. The van der Waals surface area contributed by atoms with Gasteiger partial charge in [-0.3, -0.25) is 0 Å². The van der Waals surface area contributed by atoms with Gasteiger partial charge in [-0.1, -0.05) is 0 Å². The van der Waals surface area contributed by atoms with Crippen molar-refractivity contribution in [2.75, 3.05) is 48.4 Å². The standard InChI is InChI=1S/C12H13F3O.C6H16N2/c1-16-11-5-4-10(12(13,14)15)7-9(11)6-8-2-3-8;1-7(2)5-6-8(3)4/h4-5,7-8H,2-3,6H2,1H3;5-6H2,1-4H3. The highest BCUT2D eigenvalue weighted by molar-refractivity contribution is 5.39. The number of halogens is 3. The molecule has 0 saturated heterocycles. The molecular formula is C18H29F3N2O. The fourth-order valence-electron chi connectivity index (χ4n) is 2.15. The van der Waals surface area contributed by atoms with E-state index in [4.69, 9.17) is 4.74 Å². The molecule has 1 fully saturated rings. The number of benzene rings is 1. The molecule has 0 N–H and O–H groups in total. The smallest absolute Gasteiger partial charge is 0.416 e. The van der Waals surface area contributed by atoms with E-state index in [0.29, 0.717) is 23.7 Å². The molecule has 1 aromatic carbocycles. The monoisotopic (exact) mass is 346 g/mol. The number of likely N-dealkylation sites (N-methyl/N-ethyl adjacent to an activating group) is 2. The maximum absolute atomic E-state index is 12.5. The van der Waals surface area contributed by atoms with Gasteiger partial charge in [0, 0.05) is 13.1 Å². The maximum Gasteiger partial charge on any atom is 0.416 e. The van der Waals surface area contributed by atoms with Crippen LogP contribution in [0, 0.1) is 5.92 Å².